The number of rotatable bonds is 8. The largest absolute Gasteiger partial charge is 0.309 e. The van der Waals surface area contributed by atoms with Crippen LogP contribution in [0.4, 0.5) is 0 Å². The summed E-state index contributed by atoms with van der Waals surface area (Å²) >= 11 is 0. The zero-order valence-corrected chi connectivity index (χ0v) is 33.5. The Hall–Kier alpha value is -8.12. The summed E-state index contributed by atoms with van der Waals surface area (Å²) in [6.07, 6.45) is 0. The number of hydrogen-bond donors (Lipinski definition) is 0. The van der Waals surface area contributed by atoms with Crippen LogP contribution in [0.1, 0.15) is 32.9 Å². The van der Waals surface area contributed by atoms with E-state index >= 15 is 0 Å². The van der Waals surface area contributed by atoms with Gasteiger partial charge in [-0.15, -0.1) is 0 Å². The van der Waals surface area contributed by atoms with E-state index < -0.39 is 181 Å². The monoisotopic (exact) mass is 844 g/mol. The molecule has 63 heavy (non-hydrogen) atoms. The second-order valence-electron chi connectivity index (χ2n) is 14.3. The van der Waals surface area contributed by atoms with E-state index in [4.69, 9.17) is 27.8 Å². The average Bonchev–Trinajstić information content (AvgIpc) is 1.66. The minimum atomic E-state index is -4.78. The quantitative estimate of drug-likeness (QED) is 0.113. The van der Waals surface area contributed by atoms with Crippen molar-refractivity contribution < 1.29 is 32.9 Å². The van der Waals surface area contributed by atoms with Gasteiger partial charge in [-0.1, -0.05) is 206 Å². The number of benzene rings is 9. The second-order valence-corrected chi connectivity index (χ2v) is 18.0. The molecule has 296 valence electrons. The molecular weight excluding hydrogens is 781 g/mol. The lowest BCUT2D eigenvalue weighted by Gasteiger charge is -2.34. The summed E-state index contributed by atoms with van der Waals surface area (Å²) in [5.74, 6) is -0.626. The molecule has 0 N–H and O–H groups in total. The van der Waals surface area contributed by atoms with Gasteiger partial charge in [-0.2, -0.15) is 0 Å². The highest BCUT2D eigenvalue weighted by atomic mass is 28.3. The Morgan fingerprint density at radius 1 is 0.381 bits per heavy atom. The van der Waals surface area contributed by atoms with Crippen molar-refractivity contribution >= 4 is 72.4 Å². The van der Waals surface area contributed by atoms with Crippen molar-refractivity contribution in [3.8, 4) is 34.2 Å². The number of para-hydroxylation sites is 5. The molecule has 12 aromatic rings. The minimum absolute atomic E-state index is 0.0177. The Balaban J connectivity index is 1.31. The van der Waals surface area contributed by atoms with Crippen LogP contribution in [0.3, 0.4) is 0 Å². The van der Waals surface area contributed by atoms with Gasteiger partial charge < -0.3 is 4.57 Å². The van der Waals surface area contributed by atoms with Crippen molar-refractivity contribution in [1.29, 1.82) is 0 Å². The van der Waals surface area contributed by atoms with E-state index in [9.17, 15) is 15.1 Å². The zero-order chi connectivity index (χ0) is 62.6. The summed E-state index contributed by atoms with van der Waals surface area (Å²) < 4.78 is 223. The number of nitrogens with zero attached hydrogens (tertiary/aromatic N) is 4. The van der Waals surface area contributed by atoms with E-state index in [1.807, 2.05) is 0 Å². The number of aromatic nitrogens is 4. The Morgan fingerprint density at radius 2 is 0.889 bits per heavy atom. The molecular formula is C58H40N4Si. The van der Waals surface area contributed by atoms with Crippen LogP contribution >= 0.6 is 0 Å². The molecule has 0 bridgehead atoms. The maximum atomic E-state index is 10.6. The van der Waals surface area contributed by atoms with Crippen molar-refractivity contribution in [3.63, 3.8) is 0 Å². The molecule has 0 saturated carbocycles. The van der Waals surface area contributed by atoms with Gasteiger partial charge in [0.15, 0.2) is 8.07 Å². The molecule has 0 atom stereocenters. The summed E-state index contributed by atoms with van der Waals surface area (Å²) in [6.45, 7) is 0. The first-order valence-corrected chi connectivity index (χ1v) is 21.5. The highest BCUT2D eigenvalue weighted by Gasteiger charge is 2.41. The molecule has 0 saturated heterocycles. The molecule has 4 nitrogen and oxygen atoms in total. The molecule has 9 aromatic carbocycles. The Labute approximate surface area is 400 Å². The maximum Gasteiger partial charge on any atom is 0.235 e. The van der Waals surface area contributed by atoms with Crippen LogP contribution in [0.15, 0.2) is 242 Å². The van der Waals surface area contributed by atoms with E-state index in [0.29, 0.717) is 10.4 Å². The molecule has 0 amide bonds. The van der Waals surface area contributed by atoms with Gasteiger partial charge in [0.05, 0.1) is 72.0 Å². The van der Waals surface area contributed by atoms with Crippen molar-refractivity contribution in [3.05, 3.63) is 242 Å². The average molecular weight is 845 g/mol. The zero-order valence-electron chi connectivity index (χ0n) is 56.5. The van der Waals surface area contributed by atoms with Crippen molar-refractivity contribution in [2.45, 2.75) is 0 Å². The predicted octanol–water partition coefficient (Wildman–Crippen LogP) is 11.4. The lowest BCUT2D eigenvalue weighted by molar-refractivity contribution is 0.994. The smallest absolute Gasteiger partial charge is 0.235 e. The molecule has 12 rings (SSSR count). The normalized spacial score (nSPS) is 17.1. The minimum Gasteiger partial charge on any atom is -0.309 e. The van der Waals surface area contributed by atoms with E-state index in [1.54, 1.807) is 72.8 Å². The first-order chi connectivity index (χ1) is 41.2. The van der Waals surface area contributed by atoms with Crippen LogP contribution in [-0.4, -0.2) is 27.2 Å². The van der Waals surface area contributed by atoms with E-state index in [2.05, 4.69) is 0 Å². The topological polar surface area (TPSA) is 35.6 Å². The molecule has 0 aliphatic carbocycles. The van der Waals surface area contributed by atoms with Crippen molar-refractivity contribution in [2.24, 2.45) is 0 Å². The number of hydrogen-bond acceptors (Lipinski definition) is 2. The van der Waals surface area contributed by atoms with Crippen LogP contribution in [0.5, 0.6) is 0 Å². The molecule has 0 aliphatic heterocycles. The van der Waals surface area contributed by atoms with Crippen molar-refractivity contribution in [2.75, 3.05) is 0 Å². The molecule has 0 unspecified atom stereocenters. The fourth-order valence-electron chi connectivity index (χ4n) is 8.38. The molecule has 0 radical (unpaired) electrons. The molecule has 0 spiro atoms. The summed E-state index contributed by atoms with van der Waals surface area (Å²) in [6, 6.07) is 8.29. The molecule has 3 heterocycles. The van der Waals surface area contributed by atoms with E-state index in [-0.39, 0.29) is 59.9 Å². The van der Waals surface area contributed by atoms with E-state index in [0.717, 1.165) is 4.57 Å². The third kappa shape index (κ3) is 5.89. The summed E-state index contributed by atoms with van der Waals surface area (Å²) in [5, 5.41) is -1.08. The molecule has 5 heteroatoms. The highest BCUT2D eigenvalue weighted by Crippen LogP contribution is 2.38. The van der Waals surface area contributed by atoms with Gasteiger partial charge in [-0.05, 0) is 57.1 Å². The lowest BCUT2D eigenvalue weighted by Crippen LogP contribution is -2.74. The van der Waals surface area contributed by atoms with E-state index in [1.165, 1.54) is 28.8 Å². The van der Waals surface area contributed by atoms with Gasteiger partial charge in [0.2, 0.25) is 5.95 Å². The fraction of sp³-hybridized carbons (Fsp3) is 0. The van der Waals surface area contributed by atoms with Gasteiger partial charge in [0.25, 0.3) is 0 Å². The Bertz CT molecular complexity index is 4910. The molecule has 0 fully saturated rings. The number of fused-ring (bicyclic) bond motifs is 6. The van der Waals surface area contributed by atoms with Crippen molar-refractivity contribution in [1.82, 2.24) is 19.1 Å². The van der Waals surface area contributed by atoms with Crippen LogP contribution in [-0.2, 0) is 0 Å². The second kappa shape index (κ2) is 15.1. The van der Waals surface area contributed by atoms with Gasteiger partial charge in [0, 0.05) is 32.7 Å². The lowest BCUT2D eigenvalue weighted by atomic mass is 10.1. The van der Waals surface area contributed by atoms with Gasteiger partial charge >= 0.3 is 0 Å². The predicted molar refractivity (Wildman–Crippen MR) is 265 cm³/mol. The van der Waals surface area contributed by atoms with Crippen LogP contribution < -0.4 is 20.7 Å². The molecule has 0 aliphatic rings. The summed E-state index contributed by atoms with van der Waals surface area (Å²) in [5.41, 5.74) is -2.26. The maximum absolute atomic E-state index is 10.6. The first-order valence-electron chi connectivity index (χ1n) is 31.5. The fourth-order valence-corrected chi connectivity index (χ4v) is 12.6. The third-order valence-electron chi connectivity index (χ3n) is 11.0. The SMILES string of the molecule is [2H]c1cc2c(c([2H])c1[2H])c1c([2H])c([2H])c([2H])c([2H])c1n2-c1ccccc1-c1cc(-c2c([2H])c([2H])c([2H])c([Si](c3ccccc3)(c3ccccc3)c3c([2H])c([2H])c([2H])c([2H])c3[2H])c2[2H])nc(-n2c3c([2H])c([2H])c([2H])c([2H])c3c3c([2H])c([2H])c([2H])c([2H])c32)n1. The summed E-state index contributed by atoms with van der Waals surface area (Å²) in [7, 11) is -4.78. The highest BCUT2D eigenvalue weighted by molar-refractivity contribution is 7.19. The van der Waals surface area contributed by atoms with Crippen LogP contribution in [0, 0.1) is 0 Å². The summed E-state index contributed by atoms with van der Waals surface area (Å²) in [4.78, 5) is 9.94. The standard InChI is InChI=1S/C58H40N4Si/c1-4-22-42(23-5-1)63(43-24-6-2-7-25-43,44-26-8-3-9-27-44)45-28-20-21-41(39-45)51-40-52(60-58(59-51)62-55-36-17-12-31-48(55)49-32-13-18-37-56(49)62)50-33-14-19-38-57(50)61-53-34-15-10-29-46(53)47-30-11-16-35-54(47)61/h1-40H/i1D,4D,5D,10D,11D,12D,13D,15D,16D,17D,18D,20D,21D,22D,23D,28D,29D,30D,31D,32D,34D,36D,37D,39D. The Morgan fingerprint density at radius 3 is 1.54 bits per heavy atom. The molecule has 3 aromatic heterocycles. The van der Waals surface area contributed by atoms with Gasteiger partial charge in [-0.3, -0.25) is 4.57 Å². The van der Waals surface area contributed by atoms with Gasteiger partial charge in [0.1, 0.15) is 0 Å². The third-order valence-corrected chi connectivity index (χ3v) is 15.4. The van der Waals surface area contributed by atoms with Crippen LogP contribution in [0.2, 0.25) is 0 Å². The Kier molecular flexibility index (Phi) is 4.73. The first kappa shape index (κ1) is 19.7. The van der Waals surface area contributed by atoms with Crippen LogP contribution in [0.25, 0.3) is 77.8 Å². The van der Waals surface area contributed by atoms with Gasteiger partial charge in [-0.25, -0.2) is 9.97 Å².